The van der Waals surface area contributed by atoms with Crippen LogP contribution in [0.5, 0.6) is 0 Å². The summed E-state index contributed by atoms with van der Waals surface area (Å²) in [6.07, 6.45) is -1.53. The lowest BCUT2D eigenvalue weighted by Crippen LogP contribution is -2.32. The van der Waals surface area contributed by atoms with Gasteiger partial charge in [0.25, 0.3) is 0 Å². The Kier molecular flexibility index (Phi) is 6.29. The Morgan fingerprint density at radius 2 is 1.70 bits per heavy atom. The zero-order valence-corrected chi connectivity index (χ0v) is 16.8. The minimum atomic E-state index is -0.763. The topological polar surface area (TPSA) is 72.8 Å². The second-order valence-electron chi connectivity index (χ2n) is 4.62. The van der Waals surface area contributed by atoms with Gasteiger partial charge < -0.3 is 15.5 Å². The molecule has 1 aromatic carbocycles. The van der Waals surface area contributed by atoms with E-state index in [1.807, 2.05) is 12.1 Å². The van der Waals surface area contributed by atoms with E-state index in [1.54, 1.807) is 4.90 Å². The number of aliphatic hydroxyl groups is 2. The summed E-state index contributed by atoms with van der Waals surface area (Å²) in [6, 6.07) is 4.00. The molecule has 5 nitrogen and oxygen atoms in total. The van der Waals surface area contributed by atoms with E-state index in [0.717, 1.165) is 16.4 Å². The summed E-state index contributed by atoms with van der Waals surface area (Å²) in [5.41, 5.74) is 0.817. The predicted octanol–water partition coefficient (Wildman–Crippen LogP) is 1.48. The van der Waals surface area contributed by atoms with Gasteiger partial charge in [0, 0.05) is 23.8 Å². The smallest absolute Gasteiger partial charge is 0.238 e. The zero-order valence-electron chi connectivity index (χ0n) is 10.3. The van der Waals surface area contributed by atoms with Gasteiger partial charge in [0.15, 0.2) is 0 Å². The lowest BCUT2D eigenvalue weighted by atomic mass is 10.3. The first-order chi connectivity index (χ1) is 9.36. The number of hydrogen-bond acceptors (Lipinski definition) is 4. The number of carbonyl (C=O) groups is 1. The largest absolute Gasteiger partial charge is 0.389 e. The number of likely N-dealkylation sites (tertiary alicyclic amines) is 1. The van der Waals surface area contributed by atoms with Crippen molar-refractivity contribution in [3.05, 3.63) is 22.8 Å². The number of aliphatic hydroxyl groups excluding tert-OH is 2. The van der Waals surface area contributed by atoms with E-state index in [9.17, 15) is 15.0 Å². The van der Waals surface area contributed by atoms with E-state index in [1.165, 1.54) is 0 Å². The molecule has 2 rings (SSSR count). The highest BCUT2D eigenvalue weighted by molar-refractivity contribution is 14.1. The van der Waals surface area contributed by atoms with Crippen LogP contribution in [0.4, 0.5) is 5.69 Å². The maximum atomic E-state index is 12.0. The number of halogens is 3. The number of nitrogens with zero attached hydrogens (tertiary/aromatic N) is 1. The molecule has 1 fully saturated rings. The van der Waals surface area contributed by atoms with Crippen LogP contribution in [-0.4, -0.2) is 52.9 Å². The first-order valence-corrected chi connectivity index (χ1v) is 9.13. The first kappa shape index (κ1) is 17.1. The Labute approximate surface area is 157 Å². The lowest BCUT2D eigenvalue weighted by Gasteiger charge is -2.16. The molecule has 1 heterocycles. The molecule has 0 bridgehead atoms. The fourth-order valence-electron chi connectivity index (χ4n) is 2.02. The maximum absolute atomic E-state index is 12.0. The Morgan fingerprint density at radius 1 is 1.20 bits per heavy atom. The number of β-amino-alcohol motifs (C(OH)–C–C–N with tert-alkyl or cyclic N) is 2. The SMILES string of the molecule is O=C(CN1C[C@@H](O)[C@@H](O)C1)Nc1c(I)cc(I)cc1I. The molecule has 0 unspecified atom stereocenters. The van der Waals surface area contributed by atoms with Crippen LogP contribution in [0.2, 0.25) is 0 Å². The van der Waals surface area contributed by atoms with Crippen LogP contribution in [0.25, 0.3) is 0 Å². The van der Waals surface area contributed by atoms with Gasteiger partial charge >= 0.3 is 0 Å². The van der Waals surface area contributed by atoms with Crippen molar-refractivity contribution in [3.63, 3.8) is 0 Å². The summed E-state index contributed by atoms with van der Waals surface area (Å²) in [5, 5.41) is 21.8. The fourth-order valence-corrected chi connectivity index (χ4v) is 5.87. The minimum Gasteiger partial charge on any atom is -0.389 e. The monoisotopic (exact) mass is 614 g/mol. The van der Waals surface area contributed by atoms with Crippen molar-refractivity contribution in [2.24, 2.45) is 0 Å². The van der Waals surface area contributed by atoms with Gasteiger partial charge in [-0.1, -0.05) is 0 Å². The normalized spacial score (nSPS) is 23.1. The van der Waals surface area contributed by atoms with E-state index in [0.29, 0.717) is 13.1 Å². The van der Waals surface area contributed by atoms with Gasteiger partial charge in [-0.25, -0.2) is 0 Å². The number of amides is 1. The van der Waals surface area contributed by atoms with Gasteiger partial charge in [-0.2, -0.15) is 0 Å². The summed E-state index contributed by atoms with van der Waals surface area (Å²) in [4.78, 5) is 13.8. The lowest BCUT2D eigenvalue weighted by molar-refractivity contribution is -0.117. The average molecular weight is 614 g/mol. The van der Waals surface area contributed by atoms with Crippen molar-refractivity contribution >= 4 is 79.4 Å². The van der Waals surface area contributed by atoms with Crippen LogP contribution in [0, 0.1) is 10.7 Å². The standard InChI is InChI=1S/C12H13I3N2O3/c13-6-1-7(14)12(8(15)2-6)16-11(20)5-17-3-9(18)10(19)4-17/h1-2,9-10,18-19H,3-5H2,(H,16,20)/t9-,10+. The molecule has 0 spiro atoms. The van der Waals surface area contributed by atoms with Crippen molar-refractivity contribution in [2.45, 2.75) is 12.2 Å². The number of rotatable bonds is 3. The molecule has 110 valence electrons. The van der Waals surface area contributed by atoms with Gasteiger partial charge in [0.05, 0.1) is 24.4 Å². The minimum absolute atomic E-state index is 0.136. The molecule has 8 heteroatoms. The van der Waals surface area contributed by atoms with Crippen molar-refractivity contribution in [1.29, 1.82) is 0 Å². The third-order valence-electron chi connectivity index (χ3n) is 2.97. The number of anilines is 1. The van der Waals surface area contributed by atoms with Crippen LogP contribution in [0.15, 0.2) is 12.1 Å². The molecule has 0 saturated carbocycles. The third-order valence-corrected chi connectivity index (χ3v) is 5.30. The molecule has 0 aromatic heterocycles. The van der Waals surface area contributed by atoms with Crippen molar-refractivity contribution < 1.29 is 15.0 Å². The van der Waals surface area contributed by atoms with Crippen molar-refractivity contribution in [2.75, 3.05) is 25.0 Å². The third kappa shape index (κ3) is 4.38. The van der Waals surface area contributed by atoms with Gasteiger partial charge in [0.2, 0.25) is 5.91 Å². The van der Waals surface area contributed by atoms with E-state index in [4.69, 9.17) is 0 Å². The number of benzene rings is 1. The molecule has 1 aromatic rings. The van der Waals surface area contributed by atoms with Gasteiger partial charge in [-0.15, -0.1) is 0 Å². The van der Waals surface area contributed by atoms with Crippen LogP contribution >= 0.6 is 67.8 Å². The molecule has 1 amide bonds. The maximum Gasteiger partial charge on any atom is 0.238 e. The summed E-state index contributed by atoms with van der Waals surface area (Å²) in [7, 11) is 0. The van der Waals surface area contributed by atoms with Gasteiger partial charge in [-0.05, 0) is 79.9 Å². The number of nitrogens with one attached hydrogen (secondary N) is 1. The highest BCUT2D eigenvalue weighted by Crippen LogP contribution is 2.27. The van der Waals surface area contributed by atoms with E-state index >= 15 is 0 Å². The molecule has 1 saturated heterocycles. The fraction of sp³-hybridized carbons (Fsp3) is 0.417. The second-order valence-corrected chi connectivity index (χ2v) is 8.19. The molecular formula is C12H13I3N2O3. The predicted molar refractivity (Wildman–Crippen MR) is 102 cm³/mol. The number of carbonyl (C=O) groups excluding carboxylic acids is 1. The van der Waals surface area contributed by atoms with E-state index in [-0.39, 0.29) is 12.5 Å². The summed E-state index contributed by atoms with van der Waals surface area (Å²) >= 11 is 6.64. The van der Waals surface area contributed by atoms with E-state index in [2.05, 4.69) is 73.1 Å². The summed E-state index contributed by atoms with van der Waals surface area (Å²) < 4.78 is 3.11. The molecule has 0 radical (unpaired) electrons. The van der Waals surface area contributed by atoms with Gasteiger partial charge in [-0.3, -0.25) is 9.69 Å². The average Bonchev–Trinajstić information content (AvgIpc) is 2.63. The molecule has 20 heavy (non-hydrogen) atoms. The van der Waals surface area contributed by atoms with Crippen LogP contribution < -0.4 is 5.32 Å². The van der Waals surface area contributed by atoms with Crippen LogP contribution in [0.1, 0.15) is 0 Å². The van der Waals surface area contributed by atoms with Crippen molar-refractivity contribution in [3.8, 4) is 0 Å². The highest BCUT2D eigenvalue weighted by Gasteiger charge is 2.30. The second kappa shape index (κ2) is 7.35. The molecule has 2 atom stereocenters. The molecule has 3 N–H and O–H groups in total. The Hall–Kier alpha value is 0.760. The number of hydrogen-bond donors (Lipinski definition) is 3. The van der Waals surface area contributed by atoms with E-state index < -0.39 is 12.2 Å². The Morgan fingerprint density at radius 3 is 2.20 bits per heavy atom. The van der Waals surface area contributed by atoms with Crippen LogP contribution in [-0.2, 0) is 4.79 Å². The molecule has 0 aliphatic carbocycles. The van der Waals surface area contributed by atoms with Crippen molar-refractivity contribution in [1.82, 2.24) is 4.90 Å². The van der Waals surface area contributed by atoms with Crippen LogP contribution in [0.3, 0.4) is 0 Å². The van der Waals surface area contributed by atoms with Gasteiger partial charge in [0.1, 0.15) is 0 Å². The first-order valence-electron chi connectivity index (χ1n) is 5.89. The highest BCUT2D eigenvalue weighted by atomic mass is 127. The zero-order chi connectivity index (χ0) is 14.9. The summed E-state index contributed by atoms with van der Waals surface area (Å²) in [6.45, 7) is 0.831. The quantitative estimate of drug-likeness (QED) is 0.452. The molecule has 1 aliphatic rings. The summed E-state index contributed by atoms with van der Waals surface area (Å²) in [5.74, 6) is -0.136. The Bertz CT molecular complexity index is 494. The molecule has 1 aliphatic heterocycles. The Balaban J connectivity index is 1.99. The molecular weight excluding hydrogens is 601 g/mol.